The van der Waals surface area contributed by atoms with Gasteiger partial charge in [0.25, 0.3) is 0 Å². The van der Waals surface area contributed by atoms with Gasteiger partial charge in [-0.25, -0.2) is 4.39 Å². The van der Waals surface area contributed by atoms with Crippen molar-refractivity contribution in [1.29, 1.82) is 0 Å². The van der Waals surface area contributed by atoms with E-state index in [4.69, 9.17) is 16.7 Å². The Hall–Kier alpha value is -0.640. The quantitative estimate of drug-likeness (QED) is 0.798. The second-order valence-electron chi connectivity index (χ2n) is 5.31. The van der Waals surface area contributed by atoms with Crippen molar-refractivity contribution in [3.05, 3.63) is 34.6 Å². The summed E-state index contributed by atoms with van der Waals surface area (Å²) in [6, 6.07) is 5.03. The summed E-state index contributed by atoms with van der Waals surface area (Å²) in [7, 11) is 0. The molecule has 1 aromatic rings. The fourth-order valence-corrected chi connectivity index (χ4v) is 2.06. The van der Waals surface area contributed by atoms with Crippen LogP contribution in [0.25, 0.3) is 0 Å². The minimum atomic E-state index is -0.347. The largest absolute Gasteiger partial charge is 0.396 e. The fourth-order valence-electron chi connectivity index (χ4n) is 1.87. The third kappa shape index (κ3) is 4.92. The average Bonchev–Trinajstić information content (AvgIpc) is 2.32. The lowest BCUT2D eigenvalue weighted by molar-refractivity contribution is 0.236. The summed E-state index contributed by atoms with van der Waals surface area (Å²) < 4.78 is 13.6. The van der Waals surface area contributed by atoms with Gasteiger partial charge in [0.05, 0.1) is 5.02 Å². The van der Waals surface area contributed by atoms with E-state index in [-0.39, 0.29) is 22.9 Å². The Labute approximate surface area is 113 Å². The molecular formula is C14H21ClFNO. The van der Waals surface area contributed by atoms with Gasteiger partial charge in [-0.3, -0.25) is 0 Å². The highest BCUT2D eigenvalue weighted by Crippen LogP contribution is 2.22. The van der Waals surface area contributed by atoms with Crippen LogP contribution in [0, 0.1) is 11.2 Å². The van der Waals surface area contributed by atoms with Crippen molar-refractivity contribution in [3.63, 3.8) is 0 Å². The molecule has 0 saturated carbocycles. The van der Waals surface area contributed by atoms with Gasteiger partial charge in [-0.2, -0.15) is 0 Å². The van der Waals surface area contributed by atoms with E-state index in [0.717, 1.165) is 19.4 Å². The summed E-state index contributed by atoms with van der Waals surface area (Å²) >= 11 is 5.72. The van der Waals surface area contributed by atoms with Gasteiger partial charge < -0.3 is 10.4 Å². The van der Waals surface area contributed by atoms with E-state index in [1.165, 1.54) is 0 Å². The van der Waals surface area contributed by atoms with Gasteiger partial charge in [0.1, 0.15) is 5.82 Å². The minimum absolute atomic E-state index is 0.0950. The van der Waals surface area contributed by atoms with E-state index >= 15 is 0 Å². The van der Waals surface area contributed by atoms with Gasteiger partial charge in [-0.15, -0.1) is 0 Å². The van der Waals surface area contributed by atoms with Crippen LogP contribution in [-0.4, -0.2) is 18.3 Å². The van der Waals surface area contributed by atoms with Crippen LogP contribution >= 0.6 is 11.6 Å². The molecule has 4 heteroatoms. The Bertz CT molecular complexity index is 382. The summed E-state index contributed by atoms with van der Waals surface area (Å²) in [6.45, 7) is 5.72. The molecule has 2 nitrogen and oxygen atoms in total. The number of benzene rings is 1. The molecule has 0 spiro atoms. The van der Waals surface area contributed by atoms with Gasteiger partial charge in [-0.1, -0.05) is 37.6 Å². The first kappa shape index (κ1) is 15.4. The number of aliphatic hydroxyl groups excluding tert-OH is 1. The maximum Gasteiger partial charge on any atom is 0.146 e. The molecule has 0 atom stereocenters. The van der Waals surface area contributed by atoms with Crippen molar-refractivity contribution < 1.29 is 9.50 Å². The number of aliphatic hydroxyl groups is 1. The molecule has 0 fully saturated rings. The van der Waals surface area contributed by atoms with Gasteiger partial charge in [0.2, 0.25) is 0 Å². The van der Waals surface area contributed by atoms with Crippen molar-refractivity contribution in [2.75, 3.05) is 13.2 Å². The molecule has 0 heterocycles. The van der Waals surface area contributed by atoms with E-state index < -0.39 is 0 Å². The number of nitrogens with one attached hydrogen (secondary N) is 1. The maximum atomic E-state index is 13.6. The van der Waals surface area contributed by atoms with E-state index in [1.54, 1.807) is 18.2 Å². The highest BCUT2D eigenvalue weighted by molar-refractivity contribution is 6.30. The number of rotatable bonds is 7. The summed E-state index contributed by atoms with van der Waals surface area (Å²) in [5, 5.41) is 12.2. The summed E-state index contributed by atoms with van der Waals surface area (Å²) in [5.74, 6) is -0.347. The van der Waals surface area contributed by atoms with E-state index in [2.05, 4.69) is 19.2 Å². The van der Waals surface area contributed by atoms with Gasteiger partial charge >= 0.3 is 0 Å². The number of hydrogen-bond donors (Lipinski definition) is 2. The zero-order valence-electron chi connectivity index (χ0n) is 11.0. The smallest absolute Gasteiger partial charge is 0.146 e. The first-order valence-electron chi connectivity index (χ1n) is 6.21. The number of hydrogen-bond acceptors (Lipinski definition) is 2. The first-order valence-corrected chi connectivity index (χ1v) is 6.58. The highest BCUT2D eigenvalue weighted by atomic mass is 35.5. The molecule has 0 bridgehead atoms. The average molecular weight is 274 g/mol. The molecule has 18 heavy (non-hydrogen) atoms. The summed E-state index contributed by atoms with van der Waals surface area (Å²) in [6.07, 6.45) is 1.73. The Balaban J connectivity index is 2.44. The molecular weight excluding hydrogens is 253 g/mol. The highest BCUT2D eigenvalue weighted by Gasteiger charge is 2.17. The van der Waals surface area contributed by atoms with Crippen LogP contribution in [0.2, 0.25) is 5.02 Å². The molecule has 1 aromatic carbocycles. The van der Waals surface area contributed by atoms with Crippen LogP contribution in [0.4, 0.5) is 4.39 Å². The predicted molar refractivity (Wildman–Crippen MR) is 73.2 cm³/mol. The second-order valence-corrected chi connectivity index (χ2v) is 5.72. The molecule has 0 aromatic heterocycles. The molecule has 102 valence electrons. The second kappa shape index (κ2) is 7.07. The molecule has 0 aliphatic heterocycles. The predicted octanol–water partition coefficient (Wildman–Crippen LogP) is 3.37. The summed E-state index contributed by atoms with van der Waals surface area (Å²) in [5.41, 5.74) is 0.679. The van der Waals surface area contributed by atoms with Crippen LogP contribution in [0.15, 0.2) is 18.2 Å². The Kier molecular flexibility index (Phi) is 6.06. The third-order valence-electron chi connectivity index (χ3n) is 2.96. The zero-order valence-corrected chi connectivity index (χ0v) is 11.7. The maximum absolute atomic E-state index is 13.6. The van der Waals surface area contributed by atoms with Gasteiger partial charge in [0, 0.05) is 25.3 Å². The minimum Gasteiger partial charge on any atom is -0.396 e. The topological polar surface area (TPSA) is 32.3 Å². The number of halogens is 2. The Morgan fingerprint density at radius 2 is 2.11 bits per heavy atom. The molecule has 0 unspecified atom stereocenters. The molecule has 0 amide bonds. The van der Waals surface area contributed by atoms with Crippen LogP contribution in [0.5, 0.6) is 0 Å². The molecule has 2 N–H and O–H groups in total. The Morgan fingerprint density at radius 1 is 1.39 bits per heavy atom. The van der Waals surface area contributed by atoms with Crippen molar-refractivity contribution in [2.24, 2.45) is 5.41 Å². The van der Waals surface area contributed by atoms with E-state index in [9.17, 15) is 4.39 Å². The fraction of sp³-hybridized carbons (Fsp3) is 0.571. The van der Waals surface area contributed by atoms with Crippen molar-refractivity contribution in [3.8, 4) is 0 Å². The van der Waals surface area contributed by atoms with Crippen LogP contribution in [0.1, 0.15) is 32.3 Å². The van der Waals surface area contributed by atoms with Crippen molar-refractivity contribution in [2.45, 2.75) is 33.2 Å². The molecule has 0 radical (unpaired) electrons. The normalized spacial score (nSPS) is 11.8. The standard InChI is InChI=1S/C14H21ClFNO/c1-14(2,7-4-8-18)10-17-9-11-5-3-6-12(15)13(11)16/h3,5-6,17-18H,4,7-10H2,1-2H3. The SMILES string of the molecule is CC(C)(CCCO)CNCc1cccc(Cl)c1F. The van der Waals surface area contributed by atoms with Crippen molar-refractivity contribution >= 4 is 11.6 Å². The van der Waals surface area contributed by atoms with Gasteiger partial charge in [-0.05, 0) is 24.3 Å². The lowest BCUT2D eigenvalue weighted by atomic mass is 9.88. The zero-order chi connectivity index (χ0) is 13.6. The van der Waals surface area contributed by atoms with Crippen LogP contribution < -0.4 is 5.32 Å². The van der Waals surface area contributed by atoms with Gasteiger partial charge in [0.15, 0.2) is 0 Å². The Morgan fingerprint density at radius 3 is 2.78 bits per heavy atom. The molecule has 0 aliphatic rings. The summed E-state index contributed by atoms with van der Waals surface area (Å²) in [4.78, 5) is 0. The van der Waals surface area contributed by atoms with Crippen LogP contribution in [-0.2, 0) is 6.54 Å². The van der Waals surface area contributed by atoms with Crippen molar-refractivity contribution in [1.82, 2.24) is 5.32 Å². The van der Waals surface area contributed by atoms with Crippen LogP contribution in [0.3, 0.4) is 0 Å². The van der Waals surface area contributed by atoms with E-state index in [1.807, 2.05) is 0 Å². The lowest BCUT2D eigenvalue weighted by Gasteiger charge is -2.24. The van der Waals surface area contributed by atoms with E-state index in [0.29, 0.717) is 12.1 Å². The molecule has 0 saturated heterocycles. The first-order chi connectivity index (χ1) is 8.46. The molecule has 0 aliphatic carbocycles. The lowest BCUT2D eigenvalue weighted by Crippen LogP contribution is -2.29. The molecule has 1 rings (SSSR count). The monoisotopic (exact) mass is 273 g/mol. The third-order valence-corrected chi connectivity index (χ3v) is 3.25.